The molecule has 0 aliphatic carbocycles. The minimum atomic E-state index is -4.67. The van der Waals surface area contributed by atoms with E-state index in [1.165, 1.54) is 64.2 Å². The summed E-state index contributed by atoms with van der Waals surface area (Å²) >= 11 is 0. The normalized spacial score (nSPS) is 10.3. The summed E-state index contributed by atoms with van der Waals surface area (Å²) in [5.41, 5.74) is 0. The van der Waals surface area contributed by atoms with E-state index in [0.717, 1.165) is 12.8 Å². The quantitative estimate of drug-likeness (QED) is 0.194. The number of carbonyl (C=O) groups excluding carboxylic acids is 1. The van der Waals surface area contributed by atoms with Gasteiger partial charge in [-0.25, -0.2) is 0 Å². The Kier molecular flexibility index (Phi) is 25.9. The summed E-state index contributed by atoms with van der Waals surface area (Å²) in [7, 11) is -4.67. The Hall–Kier alpha value is 0.300. The monoisotopic (exact) mass is 379 g/mol. The molecule has 0 rings (SSSR count). The average molecular weight is 379 g/mol. The van der Waals surface area contributed by atoms with Gasteiger partial charge in [-0.3, -0.25) is 13.9 Å². The molecular weight excluding hydrogens is 345 g/mol. The molecule has 0 saturated carbocycles. The molecule has 0 heterocycles. The van der Waals surface area contributed by atoms with E-state index in [1.54, 1.807) is 0 Å². The van der Waals surface area contributed by atoms with Gasteiger partial charge in [0.25, 0.3) is 0 Å². The van der Waals surface area contributed by atoms with Crippen molar-refractivity contribution in [2.45, 2.75) is 90.4 Å². The van der Waals surface area contributed by atoms with Crippen LogP contribution < -0.4 is 5.90 Å². The molecule has 24 heavy (non-hydrogen) atoms. The molecule has 0 unspecified atom stereocenters. The van der Waals surface area contributed by atoms with Crippen molar-refractivity contribution < 1.29 is 27.2 Å². The van der Waals surface area contributed by atoms with Crippen molar-refractivity contribution in [3.8, 4) is 0 Å². The Morgan fingerprint density at radius 2 is 1.12 bits per heavy atom. The fourth-order valence-electron chi connectivity index (χ4n) is 2.17. The van der Waals surface area contributed by atoms with E-state index in [0.29, 0.717) is 6.42 Å². The maximum absolute atomic E-state index is 10.7. The van der Waals surface area contributed by atoms with E-state index in [4.69, 9.17) is 23.4 Å². The Morgan fingerprint density at radius 3 is 1.42 bits per heavy atom. The van der Waals surface area contributed by atoms with Gasteiger partial charge in [0, 0.05) is 6.42 Å². The first-order valence-electron chi connectivity index (χ1n) is 8.40. The van der Waals surface area contributed by atoms with Gasteiger partial charge in [0.15, 0.2) is 0 Å². The van der Waals surface area contributed by atoms with Gasteiger partial charge in [0.1, 0.15) is 0 Å². The van der Waals surface area contributed by atoms with Crippen LogP contribution in [0.3, 0.4) is 0 Å². The van der Waals surface area contributed by atoms with Crippen LogP contribution in [0.4, 0.5) is 0 Å². The molecule has 0 aliphatic rings. The Bertz CT molecular complexity index is 357. The predicted molar refractivity (Wildman–Crippen MR) is 97.3 cm³/mol. The third-order valence-corrected chi connectivity index (χ3v) is 3.37. The molecular formula is C15H34NNaO6S. The summed E-state index contributed by atoms with van der Waals surface area (Å²) in [4.78, 5) is 14.9. The molecule has 0 aromatic rings. The number of hydrogen-bond acceptors (Lipinski definition) is 5. The van der Waals surface area contributed by atoms with E-state index < -0.39 is 10.4 Å². The van der Waals surface area contributed by atoms with Gasteiger partial charge in [-0.15, -0.1) is 0 Å². The molecule has 0 amide bonds. The van der Waals surface area contributed by atoms with Gasteiger partial charge < -0.3 is 4.84 Å². The molecule has 0 spiro atoms. The second-order valence-corrected chi connectivity index (χ2v) is 6.47. The summed E-state index contributed by atoms with van der Waals surface area (Å²) in [5.74, 6) is 4.47. The van der Waals surface area contributed by atoms with Crippen LogP contribution in [0, 0.1) is 0 Å². The molecule has 9 heteroatoms. The second kappa shape index (κ2) is 21.3. The molecule has 142 valence electrons. The Morgan fingerprint density at radius 1 is 0.833 bits per heavy atom. The fraction of sp³-hybridized carbons (Fsp3) is 0.933. The summed E-state index contributed by atoms with van der Waals surface area (Å²) in [6.45, 7) is 2.26. The third kappa shape index (κ3) is 38.1. The van der Waals surface area contributed by atoms with Gasteiger partial charge in [-0.05, 0) is 6.42 Å². The van der Waals surface area contributed by atoms with Gasteiger partial charge in [0.05, 0.1) is 0 Å². The first kappa shape index (κ1) is 29.1. The molecule has 0 aromatic carbocycles. The summed E-state index contributed by atoms with van der Waals surface area (Å²) in [6, 6.07) is 0. The van der Waals surface area contributed by atoms with Gasteiger partial charge in [-0.1, -0.05) is 77.6 Å². The molecule has 0 radical (unpaired) electrons. The van der Waals surface area contributed by atoms with Gasteiger partial charge >= 0.3 is 45.9 Å². The van der Waals surface area contributed by atoms with E-state index in [2.05, 4.69) is 11.8 Å². The summed E-state index contributed by atoms with van der Waals surface area (Å²) in [5, 5.41) is 0. The number of rotatable bonds is 13. The SMILES string of the molecule is CCCCCCCCCCCCCCC(=O)ON.O=S(=O)(O)O.[NaH]. The molecule has 0 bridgehead atoms. The van der Waals surface area contributed by atoms with Crippen LogP contribution in [-0.4, -0.2) is 53.0 Å². The van der Waals surface area contributed by atoms with Crippen LogP contribution in [0.15, 0.2) is 0 Å². The molecule has 4 N–H and O–H groups in total. The van der Waals surface area contributed by atoms with Crippen molar-refractivity contribution in [3.05, 3.63) is 0 Å². The molecule has 0 saturated heterocycles. The number of unbranched alkanes of at least 4 members (excludes halogenated alkanes) is 11. The van der Waals surface area contributed by atoms with E-state index >= 15 is 0 Å². The van der Waals surface area contributed by atoms with Crippen molar-refractivity contribution >= 4 is 45.9 Å². The van der Waals surface area contributed by atoms with Gasteiger partial charge in [0.2, 0.25) is 0 Å². The standard InChI is InChI=1S/C15H31NO2.Na.H2O4S.H/c1-2-3-4-5-6-7-8-9-10-11-12-13-14-15(17)18-16;;1-5(2,3)4;/h2-14,16H2,1H3;;(H2,1,2,3,4);. The van der Waals surface area contributed by atoms with Crippen LogP contribution in [-0.2, 0) is 20.0 Å². The van der Waals surface area contributed by atoms with Crippen molar-refractivity contribution in [2.24, 2.45) is 5.90 Å². The molecule has 0 aliphatic heterocycles. The van der Waals surface area contributed by atoms with Crippen molar-refractivity contribution in [1.29, 1.82) is 0 Å². The van der Waals surface area contributed by atoms with Crippen LogP contribution in [0.25, 0.3) is 0 Å². The topological polar surface area (TPSA) is 127 Å². The van der Waals surface area contributed by atoms with Crippen LogP contribution in [0.2, 0.25) is 0 Å². The fourth-order valence-corrected chi connectivity index (χ4v) is 2.17. The Labute approximate surface area is 168 Å². The van der Waals surface area contributed by atoms with Crippen molar-refractivity contribution in [1.82, 2.24) is 0 Å². The maximum atomic E-state index is 10.7. The second-order valence-electron chi connectivity index (χ2n) is 5.58. The number of carbonyl (C=O) groups is 1. The predicted octanol–water partition coefficient (Wildman–Crippen LogP) is 3.19. The van der Waals surface area contributed by atoms with E-state index in [-0.39, 0.29) is 35.5 Å². The first-order chi connectivity index (χ1) is 10.8. The molecule has 0 atom stereocenters. The van der Waals surface area contributed by atoms with E-state index in [1.807, 2.05) is 0 Å². The molecule has 0 aromatic heterocycles. The summed E-state index contributed by atoms with van der Waals surface area (Å²) in [6.07, 6.45) is 16.1. The molecule has 0 fully saturated rings. The zero-order chi connectivity index (χ0) is 18.0. The van der Waals surface area contributed by atoms with Crippen LogP contribution in [0.1, 0.15) is 90.4 Å². The average Bonchev–Trinajstić information content (AvgIpc) is 2.46. The van der Waals surface area contributed by atoms with E-state index in [9.17, 15) is 4.79 Å². The molecule has 7 nitrogen and oxygen atoms in total. The third-order valence-electron chi connectivity index (χ3n) is 3.37. The zero-order valence-electron chi connectivity index (χ0n) is 14.2. The van der Waals surface area contributed by atoms with Gasteiger partial charge in [-0.2, -0.15) is 14.3 Å². The van der Waals surface area contributed by atoms with Crippen LogP contribution >= 0.6 is 0 Å². The Balaban J connectivity index is -0.000000639. The van der Waals surface area contributed by atoms with Crippen LogP contribution in [0.5, 0.6) is 0 Å². The number of hydrogen-bond donors (Lipinski definition) is 3. The van der Waals surface area contributed by atoms with Crippen molar-refractivity contribution in [2.75, 3.05) is 0 Å². The zero-order valence-corrected chi connectivity index (χ0v) is 15.0. The summed E-state index contributed by atoms with van der Waals surface area (Å²) < 4.78 is 31.6. The number of nitrogens with two attached hydrogens (primary N) is 1. The minimum absolute atomic E-state index is 0. The first-order valence-corrected chi connectivity index (χ1v) is 9.80. The van der Waals surface area contributed by atoms with Crippen molar-refractivity contribution in [3.63, 3.8) is 0 Å².